The molecule has 1 amide bonds. The molecule has 0 aliphatic carbocycles. The highest BCUT2D eigenvalue weighted by Crippen LogP contribution is 2.22. The van der Waals surface area contributed by atoms with Crippen LogP contribution in [0.1, 0.15) is 34.8 Å². The minimum Gasteiger partial charge on any atom is -0.358 e. The van der Waals surface area contributed by atoms with Crippen molar-refractivity contribution in [2.24, 2.45) is 5.10 Å². The van der Waals surface area contributed by atoms with Crippen LogP contribution < -0.4 is 10.1 Å². The summed E-state index contributed by atoms with van der Waals surface area (Å²) < 4.78 is 28.6. The number of aryl methyl sites for hydroxylation is 2. The van der Waals surface area contributed by atoms with Crippen LogP contribution in [0.3, 0.4) is 0 Å². The Morgan fingerprint density at radius 3 is 2.38 bits per heavy atom. The van der Waals surface area contributed by atoms with Gasteiger partial charge in [0.15, 0.2) is 0 Å². The first kappa shape index (κ1) is 23.4. The van der Waals surface area contributed by atoms with Gasteiger partial charge in [0.05, 0.1) is 17.2 Å². The standard InChI is InChI=1S/C26H26N4O3S/c1-18-12-14-21(15-13-18)34(32,33)30-25(20-8-4-3-5-9-20)16-26(31)29-27-17-23-19(2)28-24-11-7-6-10-22(23)24/h3-15,17,25,28,30H,16H2,1-2H3,(H,29,31)/b27-17-/t25-/m0/s1. The van der Waals surface area contributed by atoms with Gasteiger partial charge in [-0.25, -0.2) is 18.6 Å². The molecule has 174 valence electrons. The van der Waals surface area contributed by atoms with Gasteiger partial charge in [0, 0.05) is 28.6 Å². The van der Waals surface area contributed by atoms with E-state index in [1.807, 2.05) is 44.2 Å². The molecular formula is C26H26N4O3S. The van der Waals surface area contributed by atoms with E-state index in [2.05, 4.69) is 20.2 Å². The lowest BCUT2D eigenvalue weighted by Crippen LogP contribution is -2.32. The predicted octanol–water partition coefficient (Wildman–Crippen LogP) is 4.34. The minimum atomic E-state index is -3.83. The number of nitrogens with one attached hydrogen (secondary N) is 3. The molecule has 0 fully saturated rings. The first-order valence-corrected chi connectivity index (χ1v) is 12.3. The molecule has 8 heteroatoms. The number of nitrogens with zero attached hydrogens (tertiary/aromatic N) is 1. The Labute approximate surface area is 199 Å². The van der Waals surface area contributed by atoms with Crippen LogP contribution in [0.25, 0.3) is 10.9 Å². The molecule has 7 nitrogen and oxygen atoms in total. The molecule has 1 heterocycles. The molecule has 4 aromatic rings. The molecule has 0 saturated heterocycles. The number of hydrogen-bond acceptors (Lipinski definition) is 4. The van der Waals surface area contributed by atoms with E-state index in [0.29, 0.717) is 5.56 Å². The summed E-state index contributed by atoms with van der Waals surface area (Å²) in [5, 5.41) is 5.12. The molecule has 0 radical (unpaired) electrons. The Bertz CT molecular complexity index is 1430. The van der Waals surface area contributed by atoms with Gasteiger partial charge in [-0.3, -0.25) is 4.79 Å². The monoisotopic (exact) mass is 474 g/mol. The van der Waals surface area contributed by atoms with Crippen molar-refractivity contribution in [3.8, 4) is 0 Å². The zero-order valence-corrected chi connectivity index (χ0v) is 19.8. The summed E-state index contributed by atoms with van der Waals surface area (Å²) in [5.74, 6) is -0.408. The SMILES string of the molecule is Cc1ccc(S(=O)(=O)N[C@@H](CC(=O)N/N=C\c2c(C)[nH]c3ccccc23)c2ccccc2)cc1. The summed E-state index contributed by atoms with van der Waals surface area (Å²) in [7, 11) is -3.83. The van der Waals surface area contributed by atoms with E-state index in [1.165, 1.54) is 0 Å². The fourth-order valence-electron chi connectivity index (χ4n) is 3.75. The number of hydrogen-bond donors (Lipinski definition) is 3. The van der Waals surface area contributed by atoms with E-state index in [0.717, 1.165) is 27.7 Å². The number of amides is 1. The van der Waals surface area contributed by atoms with Gasteiger partial charge in [0.2, 0.25) is 15.9 Å². The molecule has 0 aliphatic rings. The Kier molecular flexibility index (Phi) is 6.90. The largest absolute Gasteiger partial charge is 0.358 e. The first-order valence-electron chi connectivity index (χ1n) is 10.9. The van der Waals surface area contributed by atoms with Crippen molar-refractivity contribution < 1.29 is 13.2 Å². The number of carbonyl (C=O) groups is 1. The highest BCUT2D eigenvalue weighted by atomic mass is 32.2. The van der Waals surface area contributed by atoms with E-state index in [9.17, 15) is 13.2 Å². The zero-order valence-electron chi connectivity index (χ0n) is 18.9. The third-order valence-electron chi connectivity index (χ3n) is 5.55. The molecule has 3 N–H and O–H groups in total. The number of H-pyrrole nitrogens is 1. The lowest BCUT2D eigenvalue weighted by atomic mass is 10.0. The average molecular weight is 475 g/mol. The first-order chi connectivity index (χ1) is 16.3. The topological polar surface area (TPSA) is 103 Å². The number of sulfonamides is 1. The summed E-state index contributed by atoms with van der Waals surface area (Å²) in [6, 6.07) is 22.7. The van der Waals surface area contributed by atoms with Gasteiger partial charge in [-0.2, -0.15) is 5.10 Å². The van der Waals surface area contributed by atoms with Gasteiger partial charge in [-0.05, 0) is 37.6 Å². The Morgan fingerprint density at radius 1 is 0.971 bits per heavy atom. The molecule has 4 rings (SSSR count). The maximum Gasteiger partial charge on any atom is 0.242 e. The van der Waals surface area contributed by atoms with Crippen LogP contribution in [0.15, 0.2) is 88.9 Å². The highest BCUT2D eigenvalue weighted by Gasteiger charge is 2.23. The summed E-state index contributed by atoms with van der Waals surface area (Å²) in [6.45, 7) is 3.83. The average Bonchev–Trinajstić information content (AvgIpc) is 3.14. The van der Waals surface area contributed by atoms with Crippen LogP contribution in [-0.2, 0) is 14.8 Å². The van der Waals surface area contributed by atoms with Crippen molar-refractivity contribution in [2.75, 3.05) is 0 Å². The third-order valence-corrected chi connectivity index (χ3v) is 7.03. The van der Waals surface area contributed by atoms with Gasteiger partial charge in [0.1, 0.15) is 0 Å². The lowest BCUT2D eigenvalue weighted by molar-refractivity contribution is -0.121. The van der Waals surface area contributed by atoms with E-state index < -0.39 is 22.0 Å². The second-order valence-corrected chi connectivity index (χ2v) is 9.82. The van der Waals surface area contributed by atoms with Crippen molar-refractivity contribution in [2.45, 2.75) is 31.2 Å². The maximum atomic E-state index is 13.0. The van der Waals surface area contributed by atoms with Crippen LogP contribution in [-0.4, -0.2) is 25.5 Å². The van der Waals surface area contributed by atoms with E-state index >= 15 is 0 Å². The predicted molar refractivity (Wildman–Crippen MR) is 134 cm³/mol. The molecule has 1 atom stereocenters. The molecule has 0 spiro atoms. The Morgan fingerprint density at radius 2 is 1.65 bits per heavy atom. The smallest absolute Gasteiger partial charge is 0.242 e. The minimum absolute atomic E-state index is 0.112. The van der Waals surface area contributed by atoms with Crippen LogP contribution in [0, 0.1) is 13.8 Å². The molecule has 34 heavy (non-hydrogen) atoms. The maximum absolute atomic E-state index is 13.0. The van der Waals surface area contributed by atoms with Gasteiger partial charge in [0.25, 0.3) is 0 Å². The van der Waals surface area contributed by atoms with Crippen molar-refractivity contribution in [1.82, 2.24) is 15.1 Å². The zero-order chi connectivity index (χ0) is 24.1. The summed E-state index contributed by atoms with van der Waals surface area (Å²) >= 11 is 0. The van der Waals surface area contributed by atoms with Gasteiger partial charge >= 0.3 is 0 Å². The number of benzene rings is 3. The summed E-state index contributed by atoms with van der Waals surface area (Å²) in [4.78, 5) is 16.1. The molecule has 0 aliphatic heterocycles. The second kappa shape index (κ2) is 10.0. The third kappa shape index (κ3) is 5.41. The van der Waals surface area contributed by atoms with Crippen molar-refractivity contribution in [1.29, 1.82) is 0 Å². The van der Waals surface area contributed by atoms with Crippen LogP contribution in [0.2, 0.25) is 0 Å². The summed E-state index contributed by atoms with van der Waals surface area (Å²) in [5.41, 5.74) is 6.98. The Hall–Kier alpha value is -3.75. The fraction of sp³-hybridized carbons (Fsp3) is 0.154. The summed E-state index contributed by atoms with van der Waals surface area (Å²) in [6.07, 6.45) is 1.49. The van der Waals surface area contributed by atoms with Crippen LogP contribution in [0.5, 0.6) is 0 Å². The normalized spacial score (nSPS) is 12.8. The number of hydrazone groups is 1. The number of rotatable bonds is 8. The van der Waals surface area contributed by atoms with E-state index in [1.54, 1.807) is 54.7 Å². The van der Waals surface area contributed by atoms with Gasteiger partial charge < -0.3 is 4.98 Å². The van der Waals surface area contributed by atoms with Crippen molar-refractivity contribution >= 4 is 33.0 Å². The van der Waals surface area contributed by atoms with Crippen molar-refractivity contribution in [3.05, 3.63) is 101 Å². The van der Waals surface area contributed by atoms with Crippen LogP contribution in [0.4, 0.5) is 0 Å². The quantitative estimate of drug-likeness (QED) is 0.261. The molecular weight excluding hydrogens is 448 g/mol. The number of aromatic amines is 1. The van der Waals surface area contributed by atoms with Crippen molar-refractivity contribution in [3.63, 3.8) is 0 Å². The lowest BCUT2D eigenvalue weighted by Gasteiger charge is -2.18. The number of fused-ring (bicyclic) bond motifs is 1. The molecule has 3 aromatic carbocycles. The fourth-order valence-corrected chi connectivity index (χ4v) is 4.97. The molecule has 0 unspecified atom stereocenters. The second-order valence-electron chi connectivity index (χ2n) is 8.10. The van der Waals surface area contributed by atoms with Gasteiger partial charge in [-0.1, -0.05) is 66.2 Å². The van der Waals surface area contributed by atoms with E-state index in [-0.39, 0.29) is 11.3 Å². The number of carbonyl (C=O) groups excluding carboxylic acids is 1. The molecule has 0 saturated carbocycles. The van der Waals surface area contributed by atoms with Crippen LogP contribution >= 0.6 is 0 Å². The number of para-hydroxylation sites is 1. The van der Waals surface area contributed by atoms with Gasteiger partial charge in [-0.15, -0.1) is 0 Å². The Balaban J connectivity index is 1.50. The number of aromatic nitrogens is 1. The highest BCUT2D eigenvalue weighted by molar-refractivity contribution is 7.89. The molecule has 1 aromatic heterocycles. The molecule has 0 bridgehead atoms. The van der Waals surface area contributed by atoms with E-state index in [4.69, 9.17) is 0 Å².